The summed E-state index contributed by atoms with van der Waals surface area (Å²) < 4.78 is 19.8. The van der Waals surface area contributed by atoms with E-state index in [1.165, 1.54) is 6.07 Å². The first-order valence-electron chi connectivity index (χ1n) is 5.44. The van der Waals surface area contributed by atoms with Gasteiger partial charge in [-0.15, -0.1) is 0 Å². The van der Waals surface area contributed by atoms with E-state index in [9.17, 15) is 9.65 Å². The summed E-state index contributed by atoms with van der Waals surface area (Å²) in [4.78, 5) is 0. The lowest BCUT2D eigenvalue weighted by atomic mass is 9.80. The molecule has 0 bridgehead atoms. The maximum Gasteiger partial charge on any atom is 0.129 e. The first-order valence-corrected chi connectivity index (χ1v) is 6.23. The highest BCUT2D eigenvalue weighted by atomic mass is 79.9. The zero-order valence-electron chi connectivity index (χ0n) is 9.78. The Balaban J connectivity index is 2.41. The number of hydrogen-bond acceptors (Lipinski definition) is 2. The molecule has 0 aliphatic rings. The van der Waals surface area contributed by atoms with Crippen molar-refractivity contribution >= 4 is 15.9 Å². The molecule has 1 aromatic heterocycles. The van der Waals surface area contributed by atoms with Crippen molar-refractivity contribution in [2.24, 2.45) is 0 Å². The maximum absolute atomic E-state index is 13.9. The van der Waals surface area contributed by atoms with Crippen LogP contribution in [0.3, 0.4) is 0 Å². The van der Waals surface area contributed by atoms with Crippen LogP contribution in [-0.2, 0) is 11.8 Å². The second-order valence-corrected chi connectivity index (χ2v) is 5.24. The Morgan fingerprint density at radius 3 is 2.78 bits per heavy atom. The second-order valence-electron chi connectivity index (χ2n) is 4.32. The standard InChI is InChI=1S/C14H11BrFNO/c1-14(9-17,8-11-3-2-6-18-11)12-5-4-10(15)7-13(12)16/h2-7H,8H2,1H3. The van der Waals surface area contributed by atoms with Gasteiger partial charge in [0.1, 0.15) is 11.6 Å². The van der Waals surface area contributed by atoms with E-state index in [2.05, 4.69) is 22.0 Å². The van der Waals surface area contributed by atoms with Crippen molar-refractivity contribution in [2.75, 3.05) is 0 Å². The van der Waals surface area contributed by atoms with Crippen LogP contribution in [0, 0.1) is 17.1 Å². The summed E-state index contributed by atoms with van der Waals surface area (Å²) in [6.45, 7) is 1.71. The van der Waals surface area contributed by atoms with Crippen LogP contribution in [0.15, 0.2) is 45.5 Å². The van der Waals surface area contributed by atoms with Crippen molar-refractivity contribution in [2.45, 2.75) is 18.8 Å². The van der Waals surface area contributed by atoms with E-state index in [1.807, 2.05) is 0 Å². The summed E-state index contributed by atoms with van der Waals surface area (Å²) in [5.41, 5.74) is -0.563. The molecule has 0 aliphatic heterocycles. The molecule has 0 radical (unpaired) electrons. The number of rotatable bonds is 3. The van der Waals surface area contributed by atoms with E-state index < -0.39 is 5.41 Å². The van der Waals surface area contributed by atoms with Crippen LogP contribution in [0.25, 0.3) is 0 Å². The van der Waals surface area contributed by atoms with Gasteiger partial charge in [0.15, 0.2) is 0 Å². The third-order valence-electron chi connectivity index (χ3n) is 2.88. The predicted octanol–water partition coefficient (Wildman–Crippen LogP) is 4.21. The van der Waals surface area contributed by atoms with Gasteiger partial charge >= 0.3 is 0 Å². The van der Waals surface area contributed by atoms with Gasteiger partial charge in [-0.3, -0.25) is 0 Å². The largest absolute Gasteiger partial charge is 0.469 e. The van der Waals surface area contributed by atoms with Crippen LogP contribution in [0.1, 0.15) is 18.2 Å². The molecule has 1 heterocycles. The van der Waals surface area contributed by atoms with Crippen LogP contribution in [0.4, 0.5) is 4.39 Å². The van der Waals surface area contributed by atoms with Crippen molar-refractivity contribution < 1.29 is 8.81 Å². The molecule has 0 saturated carbocycles. The smallest absolute Gasteiger partial charge is 0.129 e. The molecule has 4 heteroatoms. The molecule has 0 N–H and O–H groups in total. The summed E-state index contributed by atoms with van der Waals surface area (Å²) in [6.07, 6.45) is 1.89. The molecule has 1 atom stereocenters. The van der Waals surface area contributed by atoms with Gasteiger partial charge in [-0.1, -0.05) is 22.0 Å². The third kappa shape index (κ3) is 2.46. The summed E-state index contributed by atoms with van der Waals surface area (Å²) in [5.74, 6) is 0.279. The number of nitrogens with zero attached hydrogens (tertiary/aromatic N) is 1. The van der Waals surface area contributed by atoms with Crippen LogP contribution in [0.5, 0.6) is 0 Å². The van der Waals surface area contributed by atoms with Gasteiger partial charge in [-0.2, -0.15) is 5.26 Å². The van der Waals surface area contributed by atoms with Crippen LogP contribution in [0.2, 0.25) is 0 Å². The summed E-state index contributed by atoms with van der Waals surface area (Å²) >= 11 is 3.20. The highest BCUT2D eigenvalue weighted by molar-refractivity contribution is 9.10. The molecule has 0 fully saturated rings. The fraction of sp³-hybridized carbons (Fsp3) is 0.214. The van der Waals surface area contributed by atoms with Crippen LogP contribution >= 0.6 is 15.9 Å². The fourth-order valence-electron chi connectivity index (χ4n) is 1.89. The molecule has 1 unspecified atom stereocenters. The first kappa shape index (κ1) is 12.8. The van der Waals surface area contributed by atoms with Gasteiger partial charge in [0.25, 0.3) is 0 Å². The minimum Gasteiger partial charge on any atom is -0.469 e. The normalized spacial score (nSPS) is 13.9. The summed E-state index contributed by atoms with van der Waals surface area (Å²) in [7, 11) is 0. The van der Waals surface area contributed by atoms with E-state index >= 15 is 0 Å². The van der Waals surface area contributed by atoms with Crippen molar-refractivity contribution in [1.82, 2.24) is 0 Å². The van der Waals surface area contributed by atoms with Crippen molar-refractivity contribution in [3.05, 3.63) is 58.2 Å². The van der Waals surface area contributed by atoms with E-state index in [0.717, 1.165) is 0 Å². The molecular formula is C14H11BrFNO. The molecule has 2 rings (SSSR count). The summed E-state index contributed by atoms with van der Waals surface area (Å²) in [5, 5.41) is 9.36. The van der Waals surface area contributed by atoms with Crippen LogP contribution in [-0.4, -0.2) is 0 Å². The number of furan rings is 1. The van der Waals surface area contributed by atoms with Gasteiger partial charge in [-0.05, 0) is 31.2 Å². The van der Waals surface area contributed by atoms with E-state index in [1.54, 1.807) is 37.5 Å². The van der Waals surface area contributed by atoms with Gasteiger partial charge in [0.2, 0.25) is 0 Å². The van der Waals surface area contributed by atoms with E-state index in [4.69, 9.17) is 4.42 Å². The second kappa shape index (κ2) is 4.95. The molecule has 2 nitrogen and oxygen atoms in total. The average molecular weight is 308 g/mol. The Kier molecular flexibility index (Phi) is 3.53. The average Bonchev–Trinajstić information content (AvgIpc) is 2.81. The van der Waals surface area contributed by atoms with E-state index in [-0.39, 0.29) is 5.82 Å². The van der Waals surface area contributed by atoms with Gasteiger partial charge in [-0.25, -0.2) is 4.39 Å². The molecular weight excluding hydrogens is 297 g/mol. The highest BCUT2D eigenvalue weighted by Gasteiger charge is 2.31. The number of nitriles is 1. The van der Waals surface area contributed by atoms with Crippen molar-refractivity contribution in [1.29, 1.82) is 5.26 Å². The Morgan fingerprint density at radius 2 is 2.22 bits per heavy atom. The Labute approximate surface area is 113 Å². The maximum atomic E-state index is 13.9. The molecule has 0 amide bonds. The lowest BCUT2D eigenvalue weighted by Crippen LogP contribution is -2.24. The van der Waals surface area contributed by atoms with Gasteiger partial charge in [0, 0.05) is 16.5 Å². The predicted molar refractivity (Wildman–Crippen MR) is 69.5 cm³/mol. The van der Waals surface area contributed by atoms with Gasteiger partial charge < -0.3 is 4.42 Å². The lowest BCUT2D eigenvalue weighted by Gasteiger charge is -2.21. The number of benzene rings is 1. The zero-order chi connectivity index (χ0) is 13.2. The third-order valence-corrected chi connectivity index (χ3v) is 3.37. The van der Waals surface area contributed by atoms with Crippen molar-refractivity contribution in [3.8, 4) is 6.07 Å². The van der Waals surface area contributed by atoms with Crippen LogP contribution < -0.4 is 0 Å². The lowest BCUT2D eigenvalue weighted by molar-refractivity contribution is 0.451. The molecule has 0 spiro atoms. The molecule has 92 valence electrons. The molecule has 0 aliphatic carbocycles. The Hall–Kier alpha value is -1.60. The minimum absolute atomic E-state index is 0.342. The highest BCUT2D eigenvalue weighted by Crippen LogP contribution is 2.31. The number of halogens is 2. The molecule has 0 saturated heterocycles. The monoisotopic (exact) mass is 307 g/mol. The number of hydrogen-bond donors (Lipinski definition) is 0. The molecule has 1 aromatic carbocycles. The zero-order valence-corrected chi connectivity index (χ0v) is 11.4. The van der Waals surface area contributed by atoms with Gasteiger partial charge in [0.05, 0.1) is 17.7 Å². The minimum atomic E-state index is -0.942. The fourth-order valence-corrected chi connectivity index (χ4v) is 2.23. The molecule has 2 aromatic rings. The van der Waals surface area contributed by atoms with Crippen molar-refractivity contribution in [3.63, 3.8) is 0 Å². The Morgan fingerprint density at radius 1 is 1.44 bits per heavy atom. The Bertz CT molecular complexity index is 588. The SMILES string of the molecule is CC(C#N)(Cc1ccco1)c1ccc(Br)cc1F. The quantitative estimate of drug-likeness (QED) is 0.852. The van der Waals surface area contributed by atoms with E-state index in [0.29, 0.717) is 22.2 Å². The first-order chi connectivity index (χ1) is 8.55. The molecule has 18 heavy (non-hydrogen) atoms. The summed E-state index contributed by atoms with van der Waals surface area (Å²) in [6, 6.07) is 10.4. The topological polar surface area (TPSA) is 36.9 Å².